The molecule has 42 heavy (non-hydrogen) atoms. The van der Waals surface area contributed by atoms with Crippen molar-refractivity contribution in [1.82, 2.24) is 14.3 Å². The molecule has 0 aliphatic heterocycles. The van der Waals surface area contributed by atoms with Crippen molar-refractivity contribution in [3.8, 4) is 0 Å². The number of carbonyl (C=O) groups is 1. The van der Waals surface area contributed by atoms with Crippen LogP contribution in [0.2, 0.25) is 0 Å². The largest absolute Gasteiger partial charge is 0.480 e. The number of carboxylic acids is 1. The minimum atomic E-state index is -4.33. The standard InChI is InChI=1S/C30H45F3N4O4S/c1-4-6-7-8-11-20-36-26(38)25(35-37(28(36)41)21-13-18-30(31,32)33)34-19-10-9-14-23-15-12-16-24(22-23)42-29(3,17-5-2)27(39)40/h12,15-16,22H,4-11,13-14,17-21H2,1-3H3,(H,34,35)(H,39,40). The van der Waals surface area contributed by atoms with Gasteiger partial charge in [0.05, 0.1) is 0 Å². The molecule has 1 atom stereocenters. The summed E-state index contributed by atoms with van der Waals surface area (Å²) in [5, 5.41) is 16.8. The Hall–Kier alpha value is -2.76. The zero-order valence-corrected chi connectivity index (χ0v) is 25.8. The summed E-state index contributed by atoms with van der Waals surface area (Å²) < 4.78 is 39.2. The Morgan fingerprint density at radius 1 is 0.976 bits per heavy atom. The monoisotopic (exact) mass is 614 g/mol. The van der Waals surface area contributed by atoms with Gasteiger partial charge in [0.15, 0.2) is 0 Å². The third kappa shape index (κ3) is 11.9. The number of hydrogen-bond donors (Lipinski definition) is 2. The summed E-state index contributed by atoms with van der Waals surface area (Å²) in [6.45, 7) is 6.18. The first-order chi connectivity index (χ1) is 19.9. The lowest BCUT2D eigenvalue weighted by Gasteiger charge is -2.23. The fourth-order valence-corrected chi connectivity index (χ4v) is 5.95. The molecule has 0 saturated heterocycles. The third-order valence-electron chi connectivity index (χ3n) is 7.04. The van der Waals surface area contributed by atoms with Gasteiger partial charge in [-0.3, -0.25) is 14.2 Å². The highest BCUT2D eigenvalue weighted by molar-refractivity contribution is 8.01. The molecular formula is C30H45F3N4O4S. The molecule has 8 nitrogen and oxygen atoms in total. The molecule has 0 aliphatic carbocycles. The molecular weight excluding hydrogens is 569 g/mol. The van der Waals surface area contributed by atoms with Gasteiger partial charge in [-0.15, -0.1) is 16.9 Å². The van der Waals surface area contributed by atoms with Gasteiger partial charge in [0.25, 0.3) is 5.56 Å². The number of alkyl halides is 3. The summed E-state index contributed by atoms with van der Waals surface area (Å²) in [4.78, 5) is 38.6. The van der Waals surface area contributed by atoms with Crippen LogP contribution < -0.4 is 16.6 Å². The van der Waals surface area contributed by atoms with Crippen LogP contribution in [-0.4, -0.2) is 42.9 Å². The highest BCUT2D eigenvalue weighted by atomic mass is 32.2. The van der Waals surface area contributed by atoms with Gasteiger partial charge in [-0.1, -0.05) is 58.1 Å². The van der Waals surface area contributed by atoms with Crippen molar-refractivity contribution in [2.45, 2.75) is 127 Å². The summed E-state index contributed by atoms with van der Waals surface area (Å²) in [6.07, 6.45) is 2.47. The van der Waals surface area contributed by atoms with Gasteiger partial charge in [-0.25, -0.2) is 9.48 Å². The van der Waals surface area contributed by atoms with E-state index in [0.29, 0.717) is 25.8 Å². The molecule has 1 aromatic heterocycles. The van der Waals surface area contributed by atoms with E-state index in [-0.39, 0.29) is 25.3 Å². The Kier molecular flexibility index (Phi) is 14.7. The first-order valence-electron chi connectivity index (χ1n) is 14.9. The van der Waals surface area contributed by atoms with Crippen molar-refractivity contribution >= 4 is 23.5 Å². The van der Waals surface area contributed by atoms with Crippen molar-refractivity contribution in [3.05, 3.63) is 50.7 Å². The summed E-state index contributed by atoms with van der Waals surface area (Å²) in [5.41, 5.74) is -0.161. The summed E-state index contributed by atoms with van der Waals surface area (Å²) in [7, 11) is 0. The Balaban J connectivity index is 2.03. The highest BCUT2D eigenvalue weighted by Gasteiger charge is 2.33. The van der Waals surface area contributed by atoms with Gasteiger partial charge in [0.2, 0.25) is 5.82 Å². The molecule has 1 unspecified atom stereocenters. The molecule has 12 heteroatoms. The maximum Gasteiger partial charge on any atom is 0.389 e. The number of anilines is 1. The van der Waals surface area contributed by atoms with E-state index in [9.17, 15) is 32.7 Å². The number of nitrogens with one attached hydrogen (secondary N) is 1. The first kappa shape index (κ1) is 35.4. The van der Waals surface area contributed by atoms with Gasteiger partial charge < -0.3 is 10.4 Å². The van der Waals surface area contributed by atoms with Crippen LogP contribution in [0.5, 0.6) is 0 Å². The lowest BCUT2D eigenvalue weighted by Crippen LogP contribution is -2.43. The molecule has 2 rings (SSSR count). The third-order valence-corrected chi connectivity index (χ3v) is 8.36. The molecule has 1 aromatic carbocycles. The Morgan fingerprint density at radius 2 is 1.71 bits per heavy atom. The van der Waals surface area contributed by atoms with E-state index < -0.39 is 34.6 Å². The normalized spacial score (nSPS) is 13.2. The van der Waals surface area contributed by atoms with Crippen LogP contribution in [0.3, 0.4) is 0 Å². The molecule has 236 valence electrons. The number of carboxylic acid groups (broad SMARTS) is 1. The van der Waals surface area contributed by atoms with Crippen LogP contribution in [0.25, 0.3) is 0 Å². The Labute approximate surface area is 250 Å². The van der Waals surface area contributed by atoms with Crippen molar-refractivity contribution in [2.24, 2.45) is 0 Å². The van der Waals surface area contributed by atoms with Crippen LogP contribution in [0, 0.1) is 0 Å². The van der Waals surface area contributed by atoms with Crippen molar-refractivity contribution in [1.29, 1.82) is 0 Å². The number of nitrogens with zero attached hydrogens (tertiary/aromatic N) is 3. The van der Waals surface area contributed by atoms with Crippen LogP contribution in [0.15, 0.2) is 38.8 Å². The number of aromatic nitrogens is 3. The van der Waals surface area contributed by atoms with E-state index in [1.807, 2.05) is 31.2 Å². The van der Waals surface area contributed by atoms with Crippen LogP contribution >= 0.6 is 11.8 Å². The van der Waals surface area contributed by atoms with Gasteiger partial charge in [-0.05, 0) is 63.1 Å². The summed E-state index contributed by atoms with van der Waals surface area (Å²) >= 11 is 1.35. The number of hydrogen-bond acceptors (Lipinski definition) is 6. The minimum Gasteiger partial charge on any atom is -0.480 e. The Morgan fingerprint density at radius 3 is 2.38 bits per heavy atom. The quantitative estimate of drug-likeness (QED) is 0.124. The predicted molar refractivity (Wildman–Crippen MR) is 161 cm³/mol. The van der Waals surface area contributed by atoms with E-state index in [0.717, 1.165) is 64.7 Å². The lowest BCUT2D eigenvalue weighted by atomic mass is 10.1. The fourth-order valence-electron chi connectivity index (χ4n) is 4.68. The molecule has 0 fully saturated rings. The van der Waals surface area contributed by atoms with E-state index in [4.69, 9.17) is 0 Å². The van der Waals surface area contributed by atoms with Gasteiger partial charge in [0.1, 0.15) is 4.75 Å². The zero-order chi connectivity index (χ0) is 31.2. The average Bonchev–Trinajstić information content (AvgIpc) is 2.91. The molecule has 1 heterocycles. The minimum absolute atomic E-state index is 0.0301. The maximum atomic E-state index is 13.0. The van der Waals surface area contributed by atoms with E-state index >= 15 is 0 Å². The molecule has 0 bridgehead atoms. The van der Waals surface area contributed by atoms with Crippen molar-refractivity contribution in [3.63, 3.8) is 0 Å². The van der Waals surface area contributed by atoms with Crippen LogP contribution in [0.4, 0.5) is 19.0 Å². The molecule has 2 aromatic rings. The predicted octanol–water partition coefficient (Wildman–Crippen LogP) is 6.89. The zero-order valence-electron chi connectivity index (χ0n) is 25.0. The SMILES string of the molecule is CCCCCCCn1c(=O)c(NCCCCc2cccc(SC(C)(CCC)C(=O)O)c2)nn(CCCC(F)(F)F)c1=O. The fraction of sp³-hybridized carbons (Fsp3) is 0.667. The van der Waals surface area contributed by atoms with E-state index in [2.05, 4.69) is 17.3 Å². The van der Waals surface area contributed by atoms with E-state index in [1.54, 1.807) is 6.92 Å². The second kappa shape index (κ2) is 17.4. The van der Waals surface area contributed by atoms with E-state index in [1.165, 1.54) is 11.8 Å². The maximum absolute atomic E-state index is 13.0. The number of benzene rings is 1. The lowest BCUT2D eigenvalue weighted by molar-refractivity contribution is -0.139. The van der Waals surface area contributed by atoms with Crippen molar-refractivity contribution < 1.29 is 23.1 Å². The summed E-state index contributed by atoms with van der Waals surface area (Å²) in [5.74, 6) is -0.862. The highest BCUT2D eigenvalue weighted by Crippen LogP contribution is 2.37. The smallest absolute Gasteiger partial charge is 0.389 e. The molecule has 0 amide bonds. The molecule has 0 radical (unpaired) electrons. The number of unbranched alkanes of at least 4 members (excludes halogenated alkanes) is 5. The number of rotatable bonds is 20. The Bertz CT molecular complexity index is 1250. The molecule has 0 saturated carbocycles. The van der Waals surface area contributed by atoms with Gasteiger partial charge in [0, 0.05) is 31.0 Å². The second-order valence-corrected chi connectivity index (χ2v) is 12.4. The topological polar surface area (TPSA) is 106 Å². The van der Waals surface area contributed by atoms with Crippen LogP contribution in [-0.2, 0) is 24.3 Å². The van der Waals surface area contributed by atoms with Crippen molar-refractivity contribution in [2.75, 3.05) is 11.9 Å². The molecule has 0 spiro atoms. The molecule has 0 aliphatic rings. The average molecular weight is 615 g/mol. The molecule has 2 N–H and O–H groups in total. The summed E-state index contributed by atoms with van der Waals surface area (Å²) in [6, 6.07) is 7.83. The van der Waals surface area contributed by atoms with Gasteiger partial charge in [-0.2, -0.15) is 13.2 Å². The first-order valence-corrected chi connectivity index (χ1v) is 15.8. The number of aryl methyl sites for hydroxylation is 2. The van der Waals surface area contributed by atoms with Gasteiger partial charge >= 0.3 is 17.8 Å². The number of aliphatic carboxylic acids is 1. The number of halogens is 3. The van der Waals surface area contributed by atoms with Crippen LogP contribution in [0.1, 0.15) is 97.0 Å². The number of thioether (sulfide) groups is 1. The second-order valence-electron chi connectivity index (χ2n) is 10.9.